The van der Waals surface area contributed by atoms with Gasteiger partial charge in [-0.05, 0) is 17.7 Å². The molecule has 1 aromatic heterocycles. The SMILES string of the molecule is COc1cnc(C(NN)c2ccc(F)c(F)c2)c(OC)n1. The zero-order valence-corrected chi connectivity index (χ0v) is 11.4. The predicted octanol–water partition coefficient (Wildman–Crippen LogP) is 1.32. The highest BCUT2D eigenvalue weighted by molar-refractivity contribution is 5.34. The molecular weight excluding hydrogens is 282 g/mol. The van der Waals surface area contributed by atoms with E-state index in [2.05, 4.69) is 15.4 Å². The number of aromatic nitrogens is 2. The number of hydrazine groups is 1. The molecule has 1 heterocycles. The fourth-order valence-electron chi connectivity index (χ4n) is 1.84. The molecule has 6 nitrogen and oxygen atoms in total. The Bertz CT molecular complexity index is 640. The number of methoxy groups -OCH3 is 2. The Balaban J connectivity index is 2.47. The molecule has 112 valence electrons. The lowest BCUT2D eigenvalue weighted by molar-refractivity contribution is 0.352. The molecule has 2 aromatic rings. The van der Waals surface area contributed by atoms with Crippen molar-refractivity contribution in [3.8, 4) is 11.8 Å². The Morgan fingerprint density at radius 3 is 2.52 bits per heavy atom. The van der Waals surface area contributed by atoms with Gasteiger partial charge in [-0.2, -0.15) is 4.98 Å². The van der Waals surface area contributed by atoms with E-state index in [0.717, 1.165) is 12.1 Å². The van der Waals surface area contributed by atoms with Crippen molar-refractivity contribution in [2.45, 2.75) is 6.04 Å². The maximum absolute atomic E-state index is 13.4. The van der Waals surface area contributed by atoms with Crippen LogP contribution < -0.4 is 20.7 Å². The first-order valence-electron chi connectivity index (χ1n) is 5.96. The van der Waals surface area contributed by atoms with E-state index >= 15 is 0 Å². The van der Waals surface area contributed by atoms with Crippen LogP contribution >= 0.6 is 0 Å². The summed E-state index contributed by atoms with van der Waals surface area (Å²) in [5.41, 5.74) is 3.19. The Morgan fingerprint density at radius 1 is 1.19 bits per heavy atom. The molecule has 1 aromatic carbocycles. The van der Waals surface area contributed by atoms with Crippen LogP contribution in [0.15, 0.2) is 24.4 Å². The maximum atomic E-state index is 13.4. The first-order valence-corrected chi connectivity index (χ1v) is 5.96. The van der Waals surface area contributed by atoms with Crippen molar-refractivity contribution in [2.24, 2.45) is 5.84 Å². The summed E-state index contributed by atoms with van der Waals surface area (Å²) in [6, 6.07) is 2.73. The average molecular weight is 296 g/mol. The molecule has 1 unspecified atom stereocenters. The summed E-state index contributed by atoms with van der Waals surface area (Å²) >= 11 is 0. The van der Waals surface area contributed by atoms with E-state index in [1.807, 2.05) is 0 Å². The topological polar surface area (TPSA) is 82.3 Å². The van der Waals surface area contributed by atoms with Gasteiger partial charge in [0.15, 0.2) is 11.6 Å². The minimum Gasteiger partial charge on any atom is -0.480 e. The number of nitrogens with zero attached hydrogens (tertiary/aromatic N) is 2. The van der Waals surface area contributed by atoms with Crippen LogP contribution in [0.2, 0.25) is 0 Å². The third kappa shape index (κ3) is 3.06. The Morgan fingerprint density at radius 2 is 1.95 bits per heavy atom. The second kappa shape index (κ2) is 6.42. The third-order valence-corrected chi connectivity index (χ3v) is 2.86. The normalized spacial score (nSPS) is 12.0. The number of rotatable bonds is 5. The molecular formula is C13H14F2N4O2. The van der Waals surface area contributed by atoms with Gasteiger partial charge in [0.25, 0.3) is 0 Å². The molecule has 0 amide bonds. The first kappa shape index (κ1) is 15.1. The van der Waals surface area contributed by atoms with Crippen molar-refractivity contribution in [1.29, 1.82) is 0 Å². The van der Waals surface area contributed by atoms with Crippen molar-refractivity contribution in [2.75, 3.05) is 14.2 Å². The lowest BCUT2D eigenvalue weighted by Crippen LogP contribution is -2.30. The van der Waals surface area contributed by atoms with Crippen LogP contribution in [0.5, 0.6) is 11.8 Å². The molecule has 1 atom stereocenters. The first-order chi connectivity index (χ1) is 10.1. The van der Waals surface area contributed by atoms with Crippen LogP contribution in [0, 0.1) is 11.6 Å². The number of ether oxygens (including phenoxy) is 2. The second-order valence-corrected chi connectivity index (χ2v) is 4.08. The van der Waals surface area contributed by atoms with Crippen molar-refractivity contribution in [1.82, 2.24) is 15.4 Å². The number of halogens is 2. The van der Waals surface area contributed by atoms with E-state index in [1.54, 1.807) is 0 Å². The van der Waals surface area contributed by atoms with E-state index in [9.17, 15) is 8.78 Å². The largest absolute Gasteiger partial charge is 0.480 e. The van der Waals surface area contributed by atoms with Crippen LogP contribution in [0.4, 0.5) is 8.78 Å². The second-order valence-electron chi connectivity index (χ2n) is 4.08. The van der Waals surface area contributed by atoms with Gasteiger partial charge in [0.2, 0.25) is 11.8 Å². The summed E-state index contributed by atoms with van der Waals surface area (Å²) in [4.78, 5) is 8.22. The Hall–Kier alpha value is -2.32. The van der Waals surface area contributed by atoms with E-state index in [1.165, 1.54) is 26.5 Å². The number of nitrogens with one attached hydrogen (secondary N) is 1. The predicted molar refractivity (Wildman–Crippen MR) is 70.7 cm³/mol. The van der Waals surface area contributed by atoms with Crippen molar-refractivity contribution in [3.05, 3.63) is 47.3 Å². The fourth-order valence-corrected chi connectivity index (χ4v) is 1.84. The number of hydrogen-bond acceptors (Lipinski definition) is 6. The molecule has 0 saturated heterocycles. The summed E-state index contributed by atoms with van der Waals surface area (Å²) < 4.78 is 36.5. The van der Waals surface area contributed by atoms with Crippen molar-refractivity contribution < 1.29 is 18.3 Å². The van der Waals surface area contributed by atoms with Crippen LogP contribution in [-0.2, 0) is 0 Å². The summed E-state index contributed by atoms with van der Waals surface area (Å²) in [7, 11) is 2.85. The van der Waals surface area contributed by atoms with Gasteiger partial charge in [-0.3, -0.25) is 5.84 Å². The summed E-state index contributed by atoms with van der Waals surface area (Å²) in [6.07, 6.45) is 1.38. The third-order valence-electron chi connectivity index (χ3n) is 2.86. The molecule has 0 aliphatic heterocycles. The molecule has 0 spiro atoms. The minimum absolute atomic E-state index is 0.169. The summed E-state index contributed by atoms with van der Waals surface area (Å²) in [5.74, 6) is 4.01. The molecule has 0 fully saturated rings. The zero-order chi connectivity index (χ0) is 15.4. The van der Waals surface area contributed by atoms with Crippen molar-refractivity contribution in [3.63, 3.8) is 0 Å². The molecule has 0 radical (unpaired) electrons. The number of nitrogens with two attached hydrogens (primary N) is 1. The molecule has 21 heavy (non-hydrogen) atoms. The van der Waals surface area contributed by atoms with Gasteiger partial charge in [0.05, 0.1) is 26.5 Å². The quantitative estimate of drug-likeness (QED) is 0.640. The van der Waals surface area contributed by atoms with Gasteiger partial charge in [-0.25, -0.2) is 19.2 Å². The molecule has 2 rings (SSSR count). The standard InChI is InChI=1S/C13H14F2N4O2/c1-20-10-6-17-12(13(18-10)21-2)11(19-16)7-3-4-8(14)9(15)5-7/h3-6,11,19H,16H2,1-2H3. The van der Waals surface area contributed by atoms with Gasteiger partial charge < -0.3 is 9.47 Å². The highest BCUT2D eigenvalue weighted by Gasteiger charge is 2.21. The number of hydrogen-bond donors (Lipinski definition) is 2. The van der Waals surface area contributed by atoms with Gasteiger partial charge in [-0.15, -0.1) is 0 Å². The summed E-state index contributed by atoms with van der Waals surface area (Å²) in [6.45, 7) is 0. The Labute approximate surface area is 119 Å². The maximum Gasteiger partial charge on any atom is 0.240 e. The molecule has 0 aliphatic carbocycles. The molecule has 3 N–H and O–H groups in total. The van der Waals surface area contributed by atoms with Crippen LogP contribution in [0.3, 0.4) is 0 Å². The molecule has 8 heteroatoms. The van der Waals surface area contributed by atoms with Crippen molar-refractivity contribution >= 4 is 0 Å². The molecule has 0 bridgehead atoms. The van der Waals surface area contributed by atoms with E-state index < -0.39 is 17.7 Å². The highest BCUT2D eigenvalue weighted by Crippen LogP contribution is 2.28. The van der Waals surface area contributed by atoms with Gasteiger partial charge >= 0.3 is 0 Å². The highest BCUT2D eigenvalue weighted by atomic mass is 19.2. The zero-order valence-electron chi connectivity index (χ0n) is 11.4. The smallest absolute Gasteiger partial charge is 0.240 e. The average Bonchev–Trinajstić information content (AvgIpc) is 2.51. The van der Waals surface area contributed by atoms with Crippen LogP contribution in [0.1, 0.15) is 17.3 Å². The van der Waals surface area contributed by atoms with Crippen LogP contribution in [-0.4, -0.2) is 24.2 Å². The molecule has 0 aliphatic rings. The van der Waals surface area contributed by atoms with Gasteiger partial charge in [0, 0.05) is 0 Å². The van der Waals surface area contributed by atoms with E-state index in [-0.39, 0.29) is 11.8 Å². The van der Waals surface area contributed by atoms with E-state index in [4.69, 9.17) is 15.3 Å². The van der Waals surface area contributed by atoms with Crippen LogP contribution in [0.25, 0.3) is 0 Å². The van der Waals surface area contributed by atoms with E-state index in [0.29, 0.717) is 11.3 Å². The Kier molecular flexibility index (Phi) is 4.61. The number of benzene rings is 1. The lowest BCUT2D eigenvalue weighted by atomic mass is 10.0. The molecule has 0 saturated carbocycles. The monoisotopic (exact) mass is 296 g/mol. The summed E-state index contributed by atoms with van der Waals surface area (Å²) in [5, 5.41) is 0. The lowest BCUT2D eigenvalue weighted by Gasteiger charge is -2.18. The van der Waals surface area contributed by atoms with Gasteiger partial charge in [-0.1, -0.05) is 6.07 Å². The van der Waals surface area contributed by atoms with Gasteiger partial charge in [0.1, 0.15) is 5.69 Å². The minimum atomic E-state index is -0.979. The fraction of sp³-hybridized carbons (Fsp3) is 0.231.